The predicted molar refractivity (Wildman–Crippen MR) is 67.3 cm³/mol. The van der Waals surface area contributed by atoms with Crippen molar-refractivity contribution >= 4 is 5.91 Å². The second kappa shape index (κ2) is 5.81. The molecule has 20 heavy (non-hydrogen) atoms. The molecule has 0 spiro atoms. The van der Waals surface area contributed by atoms with Gasteiger partial charge in [-0.3, -0.25) is 9.48 Å². The van der Waals surface area contributed by atoms with E-state index in [0.29, 0.717) is 4.68 Å². The van der Waals surface area contributed by atoms with Gasteiger partial charge in [-0.2, -0.15) is 23.7 Å². The zero-order chi connectivity index (χ0) is 14.7. The molecule has 0 radical (unpaired) electrons. The van der Waals surface area contributed by atoms with Crippen LogP contribution in [0.2, 0.25) is 0 Å². The fraction of sp³-hybridized carbons (Fsp3) is 0.417. The average molecular weight is 283 g/mol. The van der Waals surface area contributed by atoms with E-state index in [2.05, 4.69) is 15.5 Å². The minimum Gasteiger partial charge on any atom is -0.347 e. The number of hydrogen-bond acceptors (Lipinski definition) is 3. The summed E-state index contributed by atoms with van der Waals surface area (Å²) in [6.07, 6.45) is 2.82. The number of nitrogens with one attached hydrogen (secondary N) is 1. The number of rotatable bonds is 5. The van der Waals surface area contributed by atoms with Crippen molar-refractivity contribution in [2.24, 2.45) is 0 Å². The second-order valence-electron chi connectivity index (χ2n) is 4.19. The summed E-state index contributed by atoms with van der Waals surface area (Å²) in [5, 5.41) is 10.2. The van der Waals surface area contributed by atoms with Crippen LogP contribution < -0.4 is 5.32 Å². The molecular formula is C12H15F2N5O. The Kier molecular flexibility index (Phi) is 4.11. The molecule has 0 aliphatic rings. The summed E-state index contributed by atoms with van der Waals surface area (Å²) < 4.78 is 27.4. The molecular weight excluding hydrogens is 268 g/mol. The number of aromatic nitrogens is 4. The third kappa shape index (κ3) is 2.68. The van der Waals surface area contributed by atoms with Crippen molar-refractivity contribution in [3.63, 3.8) is 0 Å². The molecule has 0 aliphatic heterocycles. The summed E-state index contributed by atoms with van der Waals surface area (Å²) in [4.78, 5) is 11.9. The molecule has 0 fully saturated rings. The van der Waals surface area contributed by atoms with E-state index in [1.54, 1.807) is 10.9 Å². The van der Waals surface area contributed by atoms with E-state index in [9.17, 15) is 13.6 Å². The number of carbonyl (C=O) groups is 1. The van der Waals surface area contributed by atoms with Gasteiger partial charge in [-0.25, -0.2) is 0 Å². The van der Waals surface area contributed by atoms with E-state index in [1.807, 2.05) is 13.8 Å². The molecule has 0 aliphatic carbocycles. The molecule has 0 saturated carbocycles. The number of carbonyl (C=O) groups excluding carboxylic acids is 1. The maximum Gasteiger partial charge on any atom is 0.333 e. The van der Waals surface area contributed by atoms with Crippen LogP contribution in [0.5, 0.6) is 0 Å². The summed E-state index contributed by atoms with van der Waals surface area (Å²) >= 11 is 0. The SMILES string of the molecule is CCn1ncc(CNC(=O)c2ccnn2C(F)F)c1C. The van der Waals surface area contributed by atoms with Gasteiger partial charge in [0.05, 0.1) is 6.20 Å². The molecule has 6 nitrogen and oxygen atoms in total. The van der Waals surface area contributed by atoms with Gasteiger partial charge in [0.2, 0.25) is 0 Å². The van der Waals surface area contributed by atoms with Crippen molar-refractivity contribution in [3.8, 4) is 0 Å². The van der Waals surface area contributed by atoms with Crippen LogP contribution in [-0.4, -0.2) is 25.5 Å². The zero-order valence-electron chi connectivity index (χ0n) is 11.2. The van der Waals surface area contributed by atoms with Gasteiger partial charge in [-0.15, -0.1) is 0 Å². The van der Waals surface area contributed by atoms with Gasteiger partial charge in [-0.1, -0.05) is 0 Å². The summed E-state index contributed by atoms with van der Waals surface area (Å²) in [5.41, 5.74) is 1.62. The Morgan fingerprint density at radius 2 is 2.20 bits per heavy atom. The van der Waals surface area contributed by atoms with Gasteiger partial charge < -0.3 is 5.32 Å². The molecule has 0 unspecified atom stereocenters. The first-order valence-corrected chi connectivity index (χ1v) is 6.15. The summed E-state index contributed by atoms with van der Waals surface area (Å²) in [6.45, 7) is 1.98. The average Bonchev–Trinajstić information content (AvgIpc) is 3.03. The Balaban J connectivity index is 2.05. The highest BCUT2D eigenvalue weighted by molar-refractivity contribution is 5.92. The van der Waals surface area contributed by atoms with Gasteiger partial charge in [0.1, 0.15) is 5.69 Å². The Bertz CT molecular complexity index is 605. The lowest BCUT2D eigenvalue weighted by molar-refractivity contribution is 0.0509. The van der Waals surface area contributed by atoms with E-state index in [-0.39, 0.29) is 12.2 Å². The molecule has 2 aromatic heterocycles. The minimum atomic E-state index is -2.84. The van der Waals surface area contributed by atoms with Gasteiger partial charge in [0.25, 0.3) is 5.91 Å². The monoisotopic (exact) mass is 283 g/mol. The van der Waals surface area contributed by atoms with Crippen molar-refractivity contribution < 1.29 is 13.6 Å². The first-order chi connectivity index (χ1) is 9.54. The van der Waals surface area contributed by atoms with E-state index in [4.69, 9.17) is 0 Å². The largest absolute Gasteiger partial charge is 0.347 e. The highest BCUT2D eigenvalue weighted by Crippen LogP contribution is 2.12. The molecule has 1 amide bonds. The molecule has 108 valence electrons. The van der Waals surface area contributed by atoms with Crippen molar-refractivity contribution in [2.75, 3.05) is 0 Å². The molecule has 0 saturated heterocycles. The molecule has 0 atom stereocenters. The lowest BCUT2D eigenvalue weighted by Crippen LogP contribution is -2.26. The Morgan fingerprint density at radius 3 is 2.80 bits per heavy atom. The number of amides is 1. The lowest BCUT2D eigenvalue weighted by Gasteiger charge is -2.07. The van der Waals surface area contributed by atoms with E-state index in [1.165, 1.54) is 12.3 Å². The molecule has 2 aromatic rings. The minimum absolute atomic E-state index is 0.166. The van der Waals surface area contributed by atoms with Gasteiger partial charge in [-0.05, 0) is 19.9 Å². The zero-order valence-corrected chi connectivity index (χ0v) is 11.2. The van der Waals surface area contributed by atoms with Crippen LogP contribution in [0.4, 0.5) is 8.78 Å². The van der Waals surface area contributed by atoms with Crippen molar-refractivity contribution in [1.82, 2.24) is 24.9 Å². The lowest BCUT2D eigenvalue weighted by atomic mass is 10.2. The molecule has 8 heteroatoms. The van der Waals surface area contributed by atoms with Crippen LogP contribution in [0.25, 0.3) is 0 Å². The fourth-order valence-electron chi connectivity index (χ4n) is 1.89. The topological polar surface area (TPSA) is 64.7 Å². The van der Waals surface area contributed by atoms with Crippen LogP contribution in [0.3, 0.4) is 0 Å². The number of hydrogen-bond donors (Lipinski definition) is 1. The first-order valence-electron chi connectivity index (χ1n) is 6.15. The van der Waals surface area contributed by atoms with Crippen LogP contribution in [-0.2, 0) is 13.1 Å². The first kappa shape index (κ1) is 14.2. The Morgan fingerprint density at radius 1 is 1.45 bits per heavy atom. The predicted octanol–water partition coefficient (Wildman–Crippen LogP) is 1.73. The van der Waals surface area contributed by atoms with Crippen molar-refractivity contribution in [3.05, 3.63) is 35.4 Å². The molecule has 2 rings (SSSR count). The number of aryl methyl sites for hydroxylation is 1. The van der Waals surface area contributed by atoms with E-state index < -0.39 is 12.5 Å². The maximum absolute atomic E-state index is 12.6. The van der Waals surface area contributed by atoms with E-state index >= 15 is 0 Å². The van der Waals surface area contributed by atoms with E-state index in [0.717, 1.165) is 17.8 Å². The fourth-order valence-corrected chi connectivity index (χ4v) is 1.89. The van der Waals surface area contributed by atoms with Gasteiger partial charge in [0.15, 0.2) is 0 Å². The molecule has 0 aromatic carbocycles. The normalized spacial score (nSPS) is 11.1. The highest BCUT2D eigenvalue weighted by atomic mass is 19.3. The van der Waals surface area contributed by atoms with Crippen LogP contribution in [0, 0.1) is 6.92 Å². The number of halogens is 2. The number of alkyl halides is 2. The van der Waals surface area contributed by atoms with Gasteiger partial charge >= 0.3 is 6.55 Å². The molecule has 0 bridgehead atoms. The summed E-state index contributed by atoms with van der Waals surface area (Å²) in [6, 6.07) is 1.25. The smallest absolute Gasteiger partial charge is 0.333 e. The number of nitrogens with zero attached hydrogens (tertiary/aromatic N) is 4. The summed E-state index contributed by atoms with van der Waals surface area (Å²) in [5.74, 6) is -0.591. The van der Waals surface area contributed by atoms with Gasteiger partial charge in [0, 0.05) is 30.5 Å². The van der Waals surface area contributed by atoms with Crippen LogP contribution >= 0.6 is 0 Å². The molecule has 2 heterocycles. The summed E-state index contributed by atoms with van der Waals surface area (Å²) in [7, 11) is 0. The van der Waals surface area contributed by atoms with Crippen molar-refractivity contribution in [1.29, 1.82) is 0 Å². The quantitative estimate of drug-likeness (QED) is 0.909. The van der Waals surface area contributed by atoms with Crippen molar-refractivity contribution in [2.45, 2.75) is 33.5 Å². The third-order valence-corrected chi connectivity index (χ3v) is 3.03. The van der Waals surface area contributed by atoms with Crippen LogP contribution in [0.1, 0.15) is 35.2 Å². The highest BCUT2D eigenvalue weighted by Gasteiger charge is 2.18. The Labute approximate surface area is 114 Å². The molecule has 1 N–H and O–H groups in total. The second-order valence-corrected chi connectivity index (χ2v) is 4.19. The Hall–Kier alpha value is -2.25. The third-order valence-electron chi connectivity index (χ3n) is 3.03. The maximum atomic E-state index is 12.6. The standard InChI is InChI=1S/C12H15F2N5O/c1-3-18-8(2)9(7-17-18)6-15-11(20)10-4-5-16-19(10)12(13)14/h4-5,7,12H,3,6H2,1-2H3,(H,15,20). The van der Waals surface area contributed by atoms with Crippen LogP contribution in [0.15, 0.2) is 18.5 Å².